The van der Waals surface area contributed by atoms with Crippen molar-refractivity contribution < 1.29 is 14.0 Å². The third-order valence-corrected chi connectivity index (χ3v) is 4.77. The molecule has 1 N–H and O–H groups in total. The van der Waals surface area contributed by atoms with Gasteiger partial charge in [-0.05, 0) is 65.7 Å². The van der Waals surface area contributed by atoms with Gasteiger partial charge in [-0.1, -0.05) is 12.1 Å². The molecule has 1 saturated heterocycles. The highest BCUT2D eigenvalue weighted by atomic mass is 19.1. The zero-order chi connectivity index (χ0) is 21.1. The molecule has 2 aromatic carbocycles. The fraction of sp³-hybridized carbons (Fsp3) is 0.190. The minimum atomic E-state index is -0.504. The molecule has 1 aromatic heterocycles. The Morgan fingerprint density at radius 2 is 2.00 bits per heavy atom. The standard InChI is InChI=1S/C21H19FN6O2/c1-14-24-25-26-28(14)19-13-16(7-10-18(19)22)23-20(29)11-6-15-4-8-17(9-5-15)27-12-2-3-21(27)30/h4-11,13H,2-3,12H2,1H3,(H,23,29)/b11-6+. The van der Waals surface area contributed by atoms with Gasteiger partial charge in [0.15, 0.2) is 5.82 Å². The van der Waals surface area contributed by atoms with Gasteiger partial charge in [0.05, 0.1) is 0 Å². The fourth-order valence-electron chi connectivity index (χ4n) is 3.25. The Hall–Kier alpha value is -3.88. The molecule has 2 amide bonds. The van der Waals surface area contributed by atoms with E-state index in [-0.39, 0.29) is 17.5 Å². The van der Waals surface area contributed by atoms with Crippen LogP contribution in [-0.4, -0.2) is 38.6 Å². The minimum absolute atomic E-state index is 0.133. The SMILES string of the molecule is Cc1nnnn1-c1cc(NC(=O)/C=C/c2ccc(N3CCCC3=O)cc2)ccc1F. The predicted octanol–water partition coefficient (Wildman–Crippen LogP) is 2.89. The first-order chi connectivity index (χ1) is 14.5. The molecular formula is C21H19FN6O2. The molecule has 152 valence electrons. The number of anilines is 2. The Morgan fingerprint density at radius 1 is 1.20 bits per heavy atom. The summed E-state index contributed by atoms with van der Waals surface area (Å²) in [5, 5.41) is 13.7. The molecule has 1 aliphatic rings. The van der Waals surface area contributed by atoms with E-state index in [1.165, 1.54) is 29.0 Å². The third kappa shape index (κ3) is 4.09. The number of aryl methyl sites for hydroxylation is 1. The normalized spacial score (nSPS) is 13.9. The first-order valence-electron chi connectivity index (χ1n) is 9.46. The average Bonchev–Trinajstić information content (AvgIpc) is 3.36. The minimum Gasteiger partial charge on any atom is -0.322 e. The molecule has 9 heteroatoms. The van der Waals surface area contributed by atoms with Gasteiger partial charge in [0, 0.05) is 30.4 Å². The van der Waals surface area contributed by atoms with Crippen LogP contribution in [0, 0.1) is 12.7 Å². The number of nitrogens with one attached hydrogen (secondary N) is 1. The zero-order valence-electron chi connectivity index (χ0n) is 16.2. The van der Waals surface area contributed by atoms with Crippen molar-refractivity contribution in [1.82, 2.24) is 20.2 Å². The van der Waals surface area contributed by atoms with Gasteiger partial charge < -0.3 is 10.2 Å². The second-order valence-electron chi connectivity index (χ2n) is 6.87. The molecule has 0 saturated carbocycles. The number of nitrogens with zero attached hydrogens (tertiary/aromatic N) is 5. The van der Waals surface area contributed by atoms with Gasteiger partial charge >= 0.3 is 0 Å². The summed E-state index contributed by atoms with van der Waals surface area (Å²) in [7, 11) is 0. The zero-order valence-corrected chi connectivity index (χ0v) is 16.2. The van der Waals surface area contributed by atoms with E-state index >= 15 is 0 Å². The van der Waals surface area contributed by atoms with Crippen molar-refractivity contribution in [3.8, 4) is 5.69 Å². The Kier molecular flexibility index (Phi) is 5.34. The number of carbonyl (C=O) groups excluding carboxylic acids is 2. The predicted molar refractivity (Wildman–Crippen MR) is 110 cm³/mol. The topological polar surface area (TPSA) is 93.0 Å². The highest BCUT2D eigenvalue weighted by molar-refractivity contribution is 6.02. The summed E-state index contributed by atoms with van der Waals surface area (Å²) in [5.41, 5.74) is 2.24. The number of hydrogen-bond donors (Lipinski definition) is 1. The lowest BCUT2D eigenvalue weighted by atomic mass is 10.2. The van der Waals surface area contributed by atoms with E-state index in [4.69, 9.17) is 0 Å². The first-order valence-corrected chi connectivity index (χ1v) is 9.46. The maximum Gasteiger partial charge on any atom is 0.248 e. The number of amides is 2. The van der Waals surface area contributed by atoms with Crippen LogP contribution in [-0.2, 0) is 9.59 Å². The molecule has 0 aliphatic carbocycles. The summed E-state index contributed by atoms with van der Waals surface area (Å²) in [6, 6.07) is 11.6. The Labute approximate surface area is 172 Å². The van der Waals surface area contributed by atoms with E-state index < -0.39 is 5.82 Å². The number of carbonyl (C=O) groups is 2. The molecular weight excluding hydrogens is 387 g/mol. The van der Waals surface area contributed by atoms with Crippen LogP contribution in [0.4, 0.5) is 15.8 Å². The molecule has 0 spiro atoms. The van der Waals surface area contributed by atoms with Crippen molar-refractivity contribution in [3.63, 3.8) is 0 Å². The lowest BCUT2D eigenvalue weighted by Gasteiger charge is -2.15. The Morgan fingerprint density at radius 3 is 2.67 bits per heavy atom. The average molecular weight is 406 g/mol. The highest BCUT2D eigenvalue weighted by Gasteiger charge is 2.21. The number of rotatable bonds is 5. The molecule has 4 rings (SSSR count). The van der Waals surface area contributed by atoms with Crippen LogP contribution in [0.2, 0.25) is 0 Å². The lowest BCUT2D eigenvalue weighted by molar-refractivity contribution is -0.117. The summed E-state index contributed by atoms with van der Waals surface area (Å²) < 4.78 is 15.4. The third-order valence-electron chi connectivity index (χ3n) is 4.77. The molecule has 2 heterocycles. The molecule has 1 aliphatic heterocycles. The van der Waals surface area contributed by atoms with E-state index in [2.05, 4.69) is 20.8 Å². The Bertz CT molecular complexity index is 1120. The smallest absolute Gasteiger partial charge is 0.248 e. The fourth-order valence-corrected chi connectivity index (χ4v) is 3.25. The molecule has 0 radical (unpaired) electrons. The number of benzene rings is 2. The molecule has 0 atom stereocenters. The van der Waals surface area contributed by atoms with Gasteiger partial charge in [-0.3, -0.25) is 9.59 Å². The quantitative estimate of drug-likeness (QED) is 0.658. The van der Waals surface area contributed by atoms with Crippen molar-refractivity contribution in [3.05, 3.63) is 65.7 Å². The van der Waals surface area contributed by atoms with Crippen LogP contribution in [0.25, 0.3) is 11.8 Å². The van der Waals surface area contributed by atoms with Crippen LogP contribution < -0.4 is 10.2 Å². The van der Waals surface area contributed by atoms with Crippen LogP contribution >= 0.6 is 0 Å². The summed E-state index contributed by atoms with van der Waals surface area (Å²) in [4.78, 5) is 25.8. The van der Waals surface area contributed by atoms with Gasteiger partial charge in [0.2, 0.25) is 11.8 Å². The van der Waals surface area contributed by atoms with Crippen LogP contribution in [0.3, 0.4) is 0 Å². The van der Waals surface area contributed by atoms with Crippen LogP contribution in [0.15, 0.2) is 48.5 Å². The van der Waals surface area contributed by atoms with Crippen molar-refractivity contribution in [2.75, 3.05) is 16.8 Å². The van der Waals surface area contributed by atoms with Crippen LogP contribution in [0.1, 0.15) is 24.2 Å². The van der Waals surface area contributed by atoms with Crippen molar-refractivity contribution in [2.24, 2.45) is 0 Å². The molecule has 30 heavy (non-hydrogen) atoms. The highest BCUT2D eigenvalue weighted by Crippen LogP contribution is 2.22. The second-order valence-corrected chi connectivity index (χ2v) is 6.87. The van der Waals surface area contributed by atoms with Gasteiger partial charge in [-0.25, -0.2) is 4.39 Å². The van der Waals surface area contributed by atoms with E-state index in [0.717, 1.165) is 24.2 Å². The largest absolute Gasteiger partial charge is 0.322 e. The van der Waals surface area contributed by atoms with Gasteiger partial charge in [-0.15, -0.1) is 5.10 Å². The van der Waals surface area contributed by atoms with Crippen LogP contribution in [0.5, 0.6) is 0 Å². The van der Waals surface area contributed by atoms with E-state index in [1.54, 1.807) is 17.9 Å². The maximum absolute atomic E-state index is 14.1. The molecule has 0 bridgehead atoms. The molecule has 3 aromatic rings. The summed E-state index contributed by atoms with van der Waals surface area (Å²) >= 11 is 0. The molecule has 0 unspecified atom stereocenters. The van der Waals surface area contributed by atoms with Gasteiger partial charge in [-0.2, -0.15) is 4.68 Å². The monoisotopic (exact) mass is 406 g/mol. The molecule has 1 fully saturated rings. The van der Waals surface area contributed by atoms with E-state index in [1.807, 2.05) is 24.3 Å². The Balaban J connectivity index is 1.43. The van der Waals surface area contributed by atoms with E-state index in [9.17, 15) is 14.0 Å². The number of tetrazole rings is 1. The van der Waals surface area contributed by atoms with Gasteiger partial charge in [0.1, 0.15) is 11.5 Å². The lowest BCUT2D eigenvalue weighted by Crippen LogP contribution is -2.23. The molecule has 8 nitrogen and oxygen atoms in total. The van der Waals surface area contributed by atoms with Crippen molar-refractivity contribution >= 4 is 29.3 Å². The summed E-state index contributed by atoms with van der Waals surface area (Å²) in [6.07, 6.45) is 4.51. The number of halogens is 1. The maximum atomic E-state index is 14.1. The number of aromatic nitrogens is 4. The van der Waals surface area contributed by atoms with Crippen molar-refractivity contribution in [2.45, 2.75) is 19.8 Å². The number of hydrogen-bond acceptors (Lipinski definition) is 5. The van der Waals surface area contributed by atoms with E-state index in [0.29, 0.717) is 17.9 Å². The first kappa shape index (κ1) is 19.4. The van der Waals surface area contributed by atoms with Gasteiger partial charge in [0.25, 0.3) is 0 Å². The summed E-state index contributed by atoms with van der Waals surface area (Å²) in [6.45, 7) is 2.39. The summed E-state index contributed by atoms with van der Waals surface area (Å²) in [5.74, 6) is -0.306. The second kappa shape index (κ2) is 8.24. The van der Waals surface area contributed by atoms with Crippen molar-refractivity contribution in [1.29, 1.82) is 0 Å².